The second kappa shape index (κ2) is 6.09. The topological polar surface area (TPSA) is 75.9 Å². The molecule has 0 aliphatic carbocycles. The fraction of sp³-hybridized carbons (Fsp3) is 0.538. The van der Waals surface area contributed by atoms with Gasteiger partial charge in [0.25, 0.3) is 0 Å². The first-order chi connectivity index (χ1) is 9.48. The van der Waals surface area contributed by atoms with Crippen LogP contribution >= 0.6 is 0 Å². The summed E-state index contributed by atoms with van der Waals surface area (Å²) in [6.07, 6.45) is 0. The van der Waals surface area contributed by atoms with Crippen molar-refractivity contribution in [2.24, 2.45) is 5.73 Å². The Balaban J connectivity index is 2.28. The molecule has 1 fully saturated rings. The van der Waals surface area contributed by atoms with Gasteiger partial charge in [-0.25, -0.2) is 8.42 Å². The molecule has 20 heavy (non-hydrogen) atoms. The van der Waals surface area contributed by atoms with Gasteiger partial charge in [-0.05, 0) is 31.3 Å². The summed E-state index contributed by atoms with van der Waals surface area (Å²) in [7, 11) is 0.0216. The van der Waals surface area contributed by atoms with Gasteiger partial charge in [0, 0.05) is 26.2 Å². The number of likely N-dealkylation sites (N-methyl/N-ethyl adjacent to an activating group) is 1. The number of nitrogens with two attached hydrogens (primary N) is 1. The molecular formula is C13H21N3O3S. The first-order valence-electron chi connectivity index (χ1n) is 6.53. The number of nitrogens with zero attached hydrogens (tertiary/aromatic N) is 2. The van der Waals surface area contributed by atoms with Crippen molar-refractivity contribution in [2.45, 2.75) is 10.9 Å². The number of sulfonamides is 1. The molecule has 1 heterocycles. The van der Waals surface area contributed by atoms with E-state index in [9.17, 15) is 8.42 Å². The molecule has 1 aromatic rings. The number of benzene rings is 1. The van der Waals surface area contributed by atoms with Crippen LogP contribution in [0.5, 0.6) is 5.75 Å². The van der Waals surface area contributed by atoms with Crippen LogP contribution < -0.4 is 10.5 Å². The predicted molar refractivity (Wildman–Crippen MR) is 77.2 cm³/mol. The van der Waals surface area contributed by atoms with Crippen molar-refractivity contribution in [1.29, 1.82) is 0 Å². The summed E-state index contributed by atoms with van der Waals surface area (Å²) in [5.74, 6) is 0.637. The molecule has 0 saturated carbocycles. The Morgan fingerprint density at radius 2 is 1.95 bits per heavy atom. The quantitative estimate of drug-likeness (QED) is 0.844. The largest absolute Gasteiger partial charge is 0.497 e. The van der Waals surface area contributed by atoms with Crippen LogP contribution in [-0.2, 0) is 10.0 Å². The third-order valence-electron chi connectivity index (χ3n) is 3.57. The lowest BCUT2D eigenvalue weighted by Crippen LogP contribution is -2.56. The lowest BCUT2D eigenvalue weighted by atomic mass is 10.2. The molecule has 0 aromatic heterocycles. The van der Waals surface area contributed by atoms with E-state index in [0.29, 0.717) is 31.9 Å². The Bertz CT molecular complexity index is 544. The molecule has 112 valence electrons. The normalized spacial score (nSPS) is 21.9. The predicted octanol–water partition coefficient (Wildman–Crippen LogP) is -0.0414. The monoisotopic (exact) mass is 299 g/mol. The second-order valence-electron chi connectivity index (χ2n) is 4.94. The maximum absolute atomic E-state index is 12.7. The summed E-state index contributed by atoms with van der Waals surface area (Å²) in [5, 5.41) is 0. The Hall–Kier alpha value is -1.15. The number of rotatable bonds is 4. The number of methoxy groups -OCH3 is 1. The molecule has 0 amide bonds. The van der Waals surface area contributed by atoms with Crippen molar-refractivity contribution < 1.29 is 13.2 Å². The van der Waals surface area contributed by atoms with E-state index in [0.717, 1.165) is 0 Å². The molecule has 1 saturated heterocycles. The van der Waals surface area contributed by atoms with Crippen molar-refractivity contribution in [2.75, 3.05) is 40.3 Å². The summed E-state index contributed by atoms with van der Waals surface area (Å²) in [5.41, 5.74) is 5.72. The molecule has 7 heteroatoms. The molecule has 1 atom stereocenters. The van der Waals surface area contributed by atoms with E-state index in [-0.39, 0.29) is 10.9 Å². The third kappa shape index (κ3) is 2.95. The van der Waals surface area contributed by atoms with Crippen LogP contribution in [-0.4, -0.2) is 64.0 Å². The van der Waals surface area contributed by atoms with Gasteiger partial charge in [0.1, 0.15) is 5.75 Å². The zero-order chi connectivity index (χ0) is 14.8. The smallest absolute Gasteiger partial charge is 0.243 e. The molecule has 2 rings (SSSR count). The van der Waals surface area contributed by atoms with Gasteiger partial charge in [-0.3, -0.25) is 0 Å². The minimum absolute atomic E-state index is 0.180. The highest BCUT2D eigenvalue weighted by atomic mass is 32.2. The maximum atomic E-state index is 12.7. The maximum Gasteiger partial charge on any atom is 0.243 e. The number of piperazine rings is 1. The van der Waals surface area contributed by atoms with Gasteiger partial charge < -0.3 is 15.4 Å². The number of hydrogen-bond acceptors (Lipinski definition) is 5. The fourth-order valence-electron chi connectivity index (χ4n) is 2.39. The highest BCUT2D eigenvalue weighted by molar-refractivity contribution is 7.89. The van der Waals surface area contributed by atoms with Crippen molar-refractivity contribution in [3.8, 4) is 5.75 Å². The van der Waals surface area contributed by atoms with E-state index in [4.69, 9.17) is 10.5 Å². The first-order valence-corrected chi connectivity index (χ1v) is 7.97. The van der Waals surface area contributed by atoms with Crippen molar-refractivity contribution in [1.82, 2.24) is 9.21 Å². The van der Waals surface area contributed by atoms with Gasteiger partial charge in [0.2, 0.25) is 10.0 Å². The molecule has 1 unspecified atom stereocenters. The molecule has 1 aliphatic heterocycles. The number of ether oxygens (including phenoxy) is 1. The molecule has 2 N–H and O–H groups in total. The minimum Gasteiger partial charge on any atom is -0.497 e. The Labute approximate surface area is 120 Å². The molecule has 0 spiro atoms. The Morgan fingerprint density at radius 1 is 1.30 bits per heavy atom. The van der Waals surface area contributed by atoms with E-state index in [2.05, 4.69) is 4.90 Å². The van der Waals surface area contributed by atoms with E-state index < -0.39 is 10.0 Å². The molecular weight excluding hydrogens is 278 g/mol. The molecule has 1 aromatic carbocycles. The van der Waals surface area contributed by atoms with Crippen LogP contribution in [0, 0.1) is 0 Å². The number of hydrogen-bond donors (Lipinski definition) is 1. The molecule has 0 radical (unpaired) electrons. The lowest BCUT2D eigenvalue weighted by molar-refractivity contribution is 0.164. The Kier molecular flexibility index (Phi) is 4.64. The van der Waals surface area contributed by atoms with Crippen LogP contribution in [0.2, 0.25) is 0 Å². The van der Waals surface area contributed by atoms with E-state index >= 15 is 0 Å². The minimum atomic E-state index is -3.50. The average Bonchev–Trinajstić information content (AvgIpc) is 2.46. The average molecular weight is 299 g/mol. The zero-order valence-corrected chi connectivity index (χ0v) is 12.6. The van der Waals surface area contributed by atoms with Crippen LogP contribution in [0.15, 0.2) is 29.2 Å². The third-order valence-corrected chi connectivity index (χ3v) is 5.54. The van der Waals surface area contributed by atoms with Gasteiger partial charge in [-0.15, -0.1) is 0 Å². The van der Waals surface area contributed by atoms with E-state index in [1.54, 1.807) is 31.4 Å². The van der Waals surface area contributed by atoms with Crippen molar-refractivity contribution in [3.05, 3.63) is 24.3 Å². The SMILES string of the molecule is COc1ccc(S(=O)(=O)N2CCN(C)CC2CN)cc1. The summed E-state index contributed by atoms with van der Waals surface area (Å²) in [6, 6.07) is 6.27. The summed E-state index contributed by atoms with van der Waals surface area (Å²) in [6.45, 7) is 2.16. The lowest BCUT2D eigenvalue weighted by Gasteiger charge is -2.38. The molecule has 1 aliphatic rings. The van der Waals surface area contributed by atoms with Crippen LogP contribution in [0.4, 0.5) is 0 Å². The molecule has 6 nitrogen and oxygen atoms in total. The van der Waals surface area contributed by atoms with E-state index in [1.807, 2.05) is 7.05 Å². The van der Waals surface area contributed by atoms with Gasteiger partial charge in [-0.2, -0.15) is 4.31 Å². The highest BCUT2D eigenvalue weighted by Crippen LogP contribution is 2.22. The summed E-state index contributed by atoms with van der Waals surface area (Å²) >= 11 is 0. The standard InChI is InChI=1S/C13H21N3O3S/c1-15-7-8-16(11(9-14)10-15)20(17,18)13-5-3-12(19-2)4-6-13/h3-6,11H,7-10,14H2,1-2H3. The second-order valence-corrected chi connectivity index (χ2v) is 6.83. The zero-order valence-electron chi connectivity index (χ0n) is 11.8. The van der Waals surface area contributed by atoms with Gasteiger partial charge in [-0.1, -0.05) is 0 Å². The van der Waals surface area contributed by atoms with Gasteiger partial charge in [0.15, 0.2) is 0 Å². The van der Waals surface area contributed by atoms with E-state index in [1.165, 1.54) is 4.31 Å². The molecule has 0 bridgehead atoms. The first kappa shape index (κ1) is 15.2. The van der Waals surface area contributed by atoms with Crippen molar-refractivity contribution >= 4 is 10.0 Å². The Morgan fingerprint density at radius 3 is 2.50 bits per heavy atom. The van der Waals surface area contributed by atoms with Crippen LogP contribution in [0.25, 0.3) is 0 Å². The fourth-order valence-corrected chi connectivity index (χ4v) is 4.00. The summed E-state index contributed by atoms with van der Waals surface area (Å²) < 4.78 is 31.9. The van der Waals surface area contributed by atoms with Crippen molar-refractivity contribution in [3.63, 3.8) is 0 Å². The highest BCUT2D eigenvalue weighted by Gasteiger charge is 2.34. The summed E-state index contributed by atoms with van der Waals surface area (Å²) in [4.78, 5) is 2.37. The van der Waals surface area contributed by atoms with Gasteiger partial charge in [0.05, 0.1) is 18.0 Å². The van der Waals surface area contributed by atoms with Crippen LogP contribution in [0.3, 0.4) is 0 Å². The van der Waals surface area contributed by atoms with Gasteiger partial charge >= 0.3 is 0 Å². The van der Waals surface area contributed by atoms with Crippen LogP contribution in [0.1, 0.15) is 0 Å².